The van der Waals surface area contributed by atoms with Crippen LogP contribution in [0.15, 0.2) is 48.5 Å². The average molecular weight is 328 g/mol. The highest BCUT2D eigenvalue weighted by Crippen LogP contribution is 2.17. The lowest BCUT2D eigenvalue weighted by Crippen LogP contribution is -2.36. The van der Waals surface area contributed by atoms with E-state index in [0.717, 1.165) is 12.0 Å². The Hall–Kier alpha value is -2.53. The standard InChI is InChI=1S/C19H24N2O3/c1-15-5-4-6-16(13-15)9-10-20-19(23)21-14-17-7-2-3-8-18(17)24-12-11-22/h2-8,13,22H,9-12,14H2,1H3,(H2,20,21,23). The summed E-state index contributed by atoms with van der Waals surface area (Å²) in [5.74, 6) is 0.673. The summed E-state index contributed by atoms with van der Waals surface area (Å²) in [5.41, 5.74) is 3.30. The zero-order valence-corrected chi connectivity index (χ0v) is 13.9. The molecule has 0 fully saturated rings. The van der Waals surface area contributed by atoms with Crippen molar-refractivity contribution in [3.63, 3.8) is 0 Å². The minimum absolute atomic E-state index is 0.0405. The van der Waals surface area contributed by atoms with Crippen molar-refractivity contribution in [3.8, 4) is 5.75 Å². The maximum absolute atomic E-state index is 11.9. The van der Waals surface area contributed by atoms with Crippen LogP contribution in [0.1, 0.15) is 16.7 Å². The van der Waals surface area contributed by atoms with E-state index in [4.69, 9.17) is 9.84 Å². The van der Waals surface area contributed by atoms with Crippen molar-refractivity contribution >= 4 is 6.03 Å². The van der Waals surface area contributed by atoms with Gasteiger partial charge in [0.15, 0.2) is 0 Å². The highest BCUT2D eigenvalue weighted by molar-refractivity contribution is 5.73. The molecule has 2 aromatic rings. The monoisotopic (exact) mass is 328 g/mol. The van der Waals surface area contributed by atoms with Crippen LogP contribution in [0.5, 0.6) is 5.75 Å². The summed E-state index contributed by atoms with van der Waals surface area (Å²) in [5, 5.41) is 14.5. The van der Waals surface area contributed by atoms with Gasteiger partial charge in [0.2, 0.25) is 0 Å². The Bertz CT molecular complexity index is 659. The van der Waals surface area contributed by atoms with Gasteiger partial charge in [0, 0.05) is 18.7 Å². The molecule has 0 saturated heterocycles. The summed E-state index contributed by atoms with van der Waals surface area (Å²) in [6.45, 7) is 3.21. The Morgan fingerprint density at radius 3 is 2.75 bits per heavy atom. The fourth-order valence-electron chi connectivity index (χ4n) is 2.37. The van der Waals surface area contributed by atoms with E-state index in [1.54, 1.807) is 0 Å². The molecule has 0 atom stereocenters. The maximum atomic E-state index is 11.9. The lowest BCUT2D eigenvalue weighted by atomic mass is 10.1. The number of aliphatic hydroxyl groups excluding tert-OH is 1. The molecule has 0 aromatic heterocycles. The van der Waals surface area contributed by atoms with Gasteiger partial charge in [-0.25, -0.2) is 4.79 Å². The molecule has 5 nitrogen and oxygen atoms in total. The second-order valence-corrected chi connectivity index (χ2v) is 5.53. The van der Waals surface area contributed by atoms with E-state index in [0.29, 0.717) is 18.8 Å². The van der Waals surface area contributed by atoms with Gasteiger partial charge in [-0.05, 0) is 25.0 Å². The normalized spacial score (nSPS) is 10.2. The number of amides is 2. The highest BCUT2D eigenvalue weighted by atomic mass is 16.5. The number of rotatable bonds is 8. The van der Waals surface area contributed by atoms with Gasteiger partial charge < -0.3 is 20.5 Å². The third kappa shape index (κ3) is 5.93. The molecule has 0 heterocycles. The van der Waals surface area contributed by atoms with Crippen LogP contribution in [-0.2, 0) is 13.0 Å². The molecular weight excluding hydrogens is 304 g/mol. The summed E-state index contributed by atoms with van der Waals surface area (Å²) in [6, 6.07) is 15.5. The first kappa shape index (κ1) is 17.8. The van der Waals surface area contributed by atoms with Crippen LogP contribution in [0.3, 0.4) is 0 Å². The largest absolute Gasteiger partial charge is 0.491 e. The molecule has 0 aliphatic rings. The minimum Gasteiger partial charge on any atom is -0.491 e. The van der Waals surface area contributed by atoms with Crippen LogP contribution in [0.25, 0.3) is 0 Å². The van der Waals surface area contributed by atoms with E-state index in [1.165, 1.54) is 11.1 Å². The summed E-state index contributed by atoms with van der Waals surface area (Å²) in [4.78, 5) is 11.9. The quantitative estimate of drug-likeness (QED) is 0.697. The minimum atomic E-state index is -0.209. The van der Waals surface area contributed by atoms with Gasteiger partial charge in [0.25, 0.3) is 0 Å². The molecule has 0 bridgehead atoms. The number of aliphatic hydroxyl groups is 1. The maximum Gasteiger partial charge on any atom is 0.315 e. The van der Waals surface area contributed by atoms with Crippen molar-refractivity contribution in [2.24, 2.45) is 0 Å². The van der Waals surface area contributed by atoms with E-state index in [9.17, 15) is 4.79 Å². The van der Waals surface area contributed by atoms with Crippen LogP contribution < -0.4 is 15.4 Å². The van der Waals surface area contributed by atoms with E-state index in [2.05, 4.69) is 35.8 Å². The molecule has 0 unspecified atom stereocenters. The third-order valence-electron chi connectivity index (χ3n) is 3.54. The summed E-state index contributed by atoms with van der Waals surface area (Å²) < 4.78 is 5.45. The first-order valence-electron chi connectivity index (χ1n) is 8.08. The number of benzene rings is 2. The molecule has 128 valence electrons. The fraction of sp³-hybridized carbons (Fsp3) is 0.316. The van der Waals surface area contributed by atoms with Gasteiger partial charge >= 0.3 is 6.03 Å². The van der Waals surface area contributed by atoms with E-state index in [1.807, 2.05) is 30.3 Å². The number of carbonyl (C=O) groups is 1. The van der Waals surface area contributed by atoms with Gasteiger partial charge in [-0.1, -0.05) is 48.0 Å². The van der Waals surface area contributed by atoms with E-state index in [-0.39, 0.29) is 19.2 Å². The van der Waals surface area contributed by atoms with Gasteiger partial charge in [-0.2, -0.15) is 0 Å². The van der Waals surface area contributed by atoms with Crippen LogP contribution in [0, 0.1) is 6.92 Å². The molecular formula is C19H24N2O3. The molecule has 2 aromatic carbocycles. The Balaban J connectivity index is 1.75. The molecule has 2 rings (SSSR count). The van der Waals surface area contributed by atoms with Crippen molar-refractivity contribution in [2.75, 3.05) is 19.8 Å². The molecule has 5 heteroatoms. The van der Waals surface area contributed by atoms with Crippen molar-refractivity contribution < 1.29 is 14.6 Å². The summed E-state index contributed by atoms with van der Waals surface area (Å²) >= 11 is 0. The number of carbonyl (C=O) groups excluding carboxylic acids is 1. The van der Waals surface area contributed by atoms with Gasteiger partial charge in [0.1, 0.15) is 12.4 Å². The predicted molar refractivity (Wildman–Crippen MR) is 94.1 cm³/mol. The highest BCUT2D eigenvalue weighted by Gasteiger charge is 2.05. The molecule has 0 radical (unpaired) electrons. The second-order valence-electron chi connectivity index (χ2n) is 5.53. The first-order valence-corrected chi connectivity index (χ1v) is 8.08. The SMILES string of the molecule is Cc1cccc(CCNC(=O)NCc2ccccc2OCCO)c1. The molecule has 0 saturated carbocycles. The number of urea groups is 1. The van der Waals surface area contributed by atoms with Gasteiger partial charge in [-0.15, -0.1) is 0 Å². The van der Waals surface area contributed by atoms with E-state index >= 15 is 0 Å². The van der Waals surface area contributed by atoms with E-state index < -0.39 is 0 Å². The molecule has 0 spiro atoms. The summed E-state index contributed by atoms with van der Waals surface area (Å²) in [7, 11) is 0. The smallest absolute Gasteiger partial charge is 0.315 e. The fourth-order valence-corrected chi connectivity index (χ4v) is 2.37. The Kier molecular flexibility index (Phi) is 7.11. The lowest BCUT2D eigenvalue weighted by molar-refractivity contribution is 0.200. The van der Waals surface area contributed by atoms with Gasteiger partial charge in [-0.3, -0.25) is 0 Å². The molecule has 24 heavy (non-hydrogen) atoms. The molecule has 0 aliphatic carbocycles. The number of hydrogen-bond acceptors (Lipinski definition) is 3. The average Bonchev–Trinajstić information content (AvgIpc) is 2.59. The Labute approximate surface area is 142 Å². The van der Waals surface area contributed by atoms with Crippen LogP contribution in [0.4, 0.5) is 4.79 Å². The predicted octanol–water partition coefficient (Wildman–Crippen LogP) is 2.41. The number of hydrogen-bond donors (Lipinski definition) is 3. The zero-order valence-electron chi connectivity index (χ0n) is 13.9. The second kappa shape index (κ2) is 9.57. The van der Waals surface area contributed by atoms with Crippen molar-refractivity contribution in [1.29, 1.82) is 0 Å². The number of aryl methyl sites for hydroxylation is 1. The molecule has 0 aliphatic heterocycles. The number of ether oxygens (including phenoxy) is 1. The van der Waals surface area contributed by atoms with Gasteiger partial charge in [0.05, 0.1) is 6.61 Å². The zero-order chi connectivity index (χ0) is 17.2. The summed E-state index contributed by atoms with van der Waals surface area (Å²) in [6.07, 6.45) is 0.797. The van der Waals surface area contributed by atoms with Crippen LogP contribution in [-0.4, -0.2) is 30.9 Å². The first-order chi connectivity index (χ1) is 11.7. The number of nitrogens with one attached hydrogen (secondary N) is 2. The topological polar surface area (TPSA) is 70.6 Å². The Morgan fingerprint density at radius 2 is 1.96 bits per heavy atom. The Morgan fingerprint density at radius 1 is 1.12 bits per heavy atom. The number of para-hydroxylation sites is 1. The van der Waals surface area contributed by atoms with Crippen molar-refractivity contribution in [1.82, 2.24) is 10.6 Å². The molecule has 2 amide bonds. The van der Waals surface area contributed by atoms with Crippen LogP contribution >= 0.6 is 0 Å². The van der Waals surface area contributed by atoms with Crippen molar-refractivity contribution in [2.45, 2.75) is 19.9 Å². The molecule has 3 N–H and O–H groups in total. The van der Waals surface area contributed by atoms with Crippen molar-refractivity contribution in [3.05, 3.63) is 65.2 Å². The lowest BCUT2D eigenvalue weighted by Gasteiger charge is -2.12. The van der Waals surface area contributed by atoms with Crippen LogP contribution in [0.2, 0.25) is 0 Å². The third-order valence-corrected chi connectivity index (χ3v) is 3.54.